The van der Waals surface area contributed by atoms with Crippen LogP contribution in [0.5, 0.6) is 0 Å². The van der Waals surface area contributed by atoms with E-state index in [0.717, 1.165) is 23.4 Å². The summed E-state index contributed by atoms with van der Waals surface area (Å²) in [5, 5.41) is 2.81. The van der Waals surface area contributed by atoms with E-state index in [1.54, 1.807) is 30.0 Å². The van der Waals surface area contributed by atoms with Crippen LogP contribution in [0.4, 0.5) is 21.5 Å². The van der Waals surface area contributed by atoms with Gasteiger partial charge in [0.2, 0.25) is 5.91 Å². The van der Waals surface area contributed by atoms with Gasteiger partial charge in [-0.1, -0.05) is 6.07 Å². The average Bonchev–Trinajstić information content (AvgIpc) is 3.19. The van der Waals surface area contributed by atoms with Crippen molar-refractivity contribution in [3.63, 3.8) is 0 Å². The summed E-state index contributed by atoms with van der Waals surface area (Å²) in [4.78, 5) is 26.3. The van der Waals surface area contributed by atoms with Crippen LogP contribution in [0.25, 0.3) is 0 Å². The van der Waals surface area contributed by atoms with Gasteiger partial charge in [-0.05, 0) is 79.1 Å². The zero-order chi connectivity index (χ0) is 23.8. The van der Waals surface area contributed by atoms with Gasteiger partial charge in [0.05, 0.1) is 4.90 Å². The highest BCUT2D eigenvalue weighted by Crippen LogP contribution is 2.31. The van der Waals surface area contributed by atoms with Gasteiger partial charge >= 0.3 is 0 Å². The van der Waals surface area contributed by atoms with Gasteiger partial charge in [0.15, 0.2) is 0 Å². The fourth-order valence-corrected chi connectivity index (χ4v) is 4.83. The van der Waals surface area contributed by atoms with Crippen molar-refractivity contribution >= 4 is 38.9 Å². The van der Waals surface area contributed by atoms with E-state index in [0.29, 0.717) is 24.2 Å². The van der Waals surface area contributed by atoms with Crippen molar-refractivity contribution in [3.05, 3.63) is 83.2 Å². The van der Waals surface area contributed by atoms with E-state index in [2.05, 4.69) is 10.0 Å². The highest BCUT2D eigenvalue weighted by Gasteiger charge is 2.23. The molecule has 4 rings (SSSR count). The lowest BCUT2D eigenvalue weighted by Gasteiger charge is -2.15. The first-order valence-corrected chi connectivity index (χ1v) is 11.7. The van der Waals surface area contributed by atoms with Crippen molar-refractivity contribution in [2.75, 3.05) is 21.5 Å². The summed E-state index contributed by atoms with van der Waals surface area (Å²) in [5.41, 5.74) is 3.37. The molecule has 0 fully saturated rings. The molecule has 0 saturated carbocycles. The van der Waals surface area contributed by atoms with Crippen LogP contribution in [0.2, 0.25) is 0 Å². The third kappa shape index (κ3) is 4.73. The van der Waals surface area contributed by atoms with Gasteiger partial charge < -0.3 is 10.2 Å². The average molecular weight is 468 g/mol. The summed E-state index contributed by atoms with van der Waals surface area (Å²) in [6.07, 6.45) is 0.695. The number of aryl methyl sites for hydroxylation is 1. The Bertz CT molecular complexity index is 1350. The van der Waals surface area contributed by atoms with E-state index < -0.39 is 21.7 Å². The first-order chi connectivity index (χ1) is 15.6. The maximum atomic E-state index is 13.1. The predicted molar refractivity (Wildman–Crippen MR) is 125 cm³/mol. The van der Waals surface area contributed by atoms with E-state index in [4.69, 9.17) is 0 Å². The normalized spacial score (nSPS) is 12.9. The number of rotatable bonds is 5. The third-order valence-corrected chi connectivity index (χ3v) is 6.85. The Morgan fingerprint density at radius 1 is 0.970 bits per heavy atom. The smallest absolute Gasteiger partial charge is 0.261 e. The molecule has 0 aliphatic carbocycles. The van der Waals surface area contributed by atoms with Crippen molar-refractivity contribution in [1.82, 2.24) is 0 Å². The van der Waals surface area contributed by atoms with Crippen LogP contribution in [0.1, 0.15) is 28.4 Å². The fraction of sp³-hybridized carbons (Fsp3) is 0.167. The van der Waals surface area contributed by atoms with Gasteiger partial charge in [-0.2, -0.15) is 0 Å². The number of carbonyl (C=O) groups excluding carboxylic acids is 2. The van der Waals surface area contributed by atoms with Gasteiger partial charge in [0.1, 0.15) is 5.82 Å². The van der Waals surface area contributed by atoms with Gasteiger partial charge in [0.25, 0.3) is 15.9 Å². The Kier molecular flexibility index (Phi) is 5.90. The van der Waals surface area contributed by atoms with Gasteiger partial charge in [-0.3, -0.25) is 14.3 Å². The van der Waals surface area contributed by atoms with E-state index in [-0.39, 0.29) is 22.1 Å². The predicted octanol–water partition coefficient (Wildman–Crippen LogP) is 4.10. The molecule has 2 N–H and O–H groups in total. The second-order valence-corrected chi connectivity index (χ2v) is 9.49. The molecule has 3 aromatic carbocycles. The number of halogens is 1. The summed E-state index contributed by atoms with van der Waals surface area (Å²) in [5.74, 6) is -0.964. The van der Waals surface area contributed by atoms with Crippen molar-refractivity contribution in [3.8, 4) is 0 Å². The number of sulfonamides is 1. The van der Waals surface area contributed by atoms with Gasteiger partial charge in [0, 0.05) is 36.1 Å². The van der Waals surface area contributed by atoms with Crippen LogP contribution in [0, 0.1) is 12.7 Å². The number of nitrogens with one attached hydrogen (secondary N) is 2. The zero-order valence-corrected chi connectivity index (χ0v) is 18.9. The molecule has 1 heterocycles. The fourth-order valence-electron chi connectivity index (χ4n) is 3.75. The van der Waals surface area contributed by atoms with Crippen LogP contribution >= 0.6 is 0 Å². The van der Waals surface area contributed by atoms with Crippen LogP contribution < -0.4 is 14.9 Å². The van der Waals surface area contributed by atoms with Crippen LogP contribution in [-0.4, -0.2) is 26.8 Å². The molecule has 0 unspecified atom stereocenters. The van der Waals surface area contributed by atoms with Crippen molar-refractivity contribution in [2.24, 2.45) is 0 Å². The molecular weight excluding hydrogens is 445 g/mol. The number of anilines is 3. The second-order valence-electron chi connectivity index (χ2n) is 7.81. The molecule has 33 heavy (non-hydrogen) atoms. The summed E-state index contributed by atoms with van der Waals surface area (Å²) < 4.78 is 41.0. The molecule has 0 radical (unpaired) electrons. The summed E-state index contributed by atoms with van der Waals surface area (Å²) in [6.45, 7) is 3.83. The Hall–Kier alpha value is -3.72. The summed E-state index contributed by atoms with van der Waals surface area (Å²) in [6, 6.07) is 14.5. The molecule has 3 aromatic rings. The lowest BCUT2D eigenvalue weighted by molar-refractivity contribution is -0.116. The molecule has 7 nitrogen and oxygen atoms in total. The minimum absolute atomic E-state index is 0.0339. The number of carbonyl (C=O) groups is 2. The first-order valence-electron chi connectivity index (χ1n) is 10.3. The lowest BCUT2D eigenvalue weighted by atomic mass is 10.1. The van der Waals surface area contributed by atoms with Crippen molar-refractivity contribution in [2.45, 2.75) is 25.2 Å². The number of benzene rings is 3. The summed E-state index contributed by atoms with van der Waals surface area (Å²) >= 11 is 0. The third-order valence-electron chi connectivity index (χ3n) is 5.47. The lowest BCUT2D eigenvalue weighted by Crippen LogP contribution is -2.25. The highest BCUT2D eigenvalue weighted by atomic mass is 32.2. The molecule has 9 heteroatoms. The zero-order valence-electron chi connectivity index (χ0n) is 18.1. The Balaban J connectivity index is 1.56. The molecule has 0 spiro atoms. The quantitative estimate of drug-likeness (QED) is 0.591. The number of nitrogens with zero attached hydrogens (tertiary/aromatic N) is 1. The molecule has 0 bridgehead atoms. The molecule has 170 valence electrons. The molecule has 1 aliphatic rings. The number of fused-ring (bicyclic) bond motifs is 1. The minimum Gasteiger partial charge on any atom is -0.322 e. The SMILES string of the molecule is CC(=O)N1CCc2cc(NC(=O)c3cc(S(=O)(=O)Nc4ccc(F)cc4)ccc3C)ccc21. The van der Waals surface area contributed by atoms with Crippen LogP contribution in [-0.2, 0) is 21.2 Å². The van der Waals surface area contributed by atoms with Gasteiger partial charge in [-0.15, -0.1) is 0 Å². The van der Waals surface area contributed by atoms with E-state index in [9.17, 15) is 22.4 Å². The highest BCUT2D eigenvalue weighted by molar-refractivity contribution is 7.92. The van der Waals surface area contributed by atoms with E-state index in [1.165, 1.54) is 31.2 Å². The maximum Gasteiger partial charge on any atom is 0.261 e. The van der Waals surface area contributed by atoms with E-state index in [1.807, 2.05) is 6.07 Å². The largest absolute Gasteiger partial charge is 0.322 e. The maximum absolute atomic E-state index is 13.1. The Labute approximate surface area is 191 Å². The molecule has 0 atom stereocenters. The van der Waals surface area contributed by atoms with Crippen molar-refractivity contribution < 1.29 is 22.4 Å². The number of hydrogen-bond donors (Lipinski definition) is 2. The number of hydrogen-bond acceptors (Lipinski definition) is 4. The van der Waals surface area contributed by atoms with Crippen LogP contribution in [0.15, 0.2) is 65.6 Å². The Morgan fingerprint density at radius 3 is 2.36 bits per heavy atom. The summed E-state index contributed by atoms with van der Waals surface area (Å²) in [7, 11) is -3.98. The topological polar surface area (TPSA) is 95.6 Å². The van der Waals surface area contributed by atoms with Crippen molar-refractivity contribution in [1.29, 1.82) is 0 Å². The molecule has 2 amide bonds. The monoisotopic (exact) mass is 467 g/mol. The standard InChI is InChI=1S/C24H22FN3O4S/c1-15-3-9-21(33(31,32)27-19-6-4-18(25)5-7-19)14-22(15)24(30)26-20-8-10-23-17(13-20)11-12-28(23)16(2)29/h3-10,13-14,27H,11-12H2,1-2H3,(H,26,30). The minimum atomic E-state index is -3.98. The van der Waals surface area contributed by atoms with Gasteiger partial charge in [-0.25, -0.2) is 12.8 Å². The molecule has 1 aliphatic heterocycles. The van der Waals surface area contributed by atoms with Crippen LogP contribution in [0.3, 0.4) is 0 Å². The number of amides is 2. The molecule has 0 saturated heterocycles. The second kappa shape index (κ2) is 8.67. The van der Waals surface area contributed by atoms with E-state index >= 15 is 0 Å². The first kappa shape index (κ1) is 22.5. The molecule has 0 aromatic heterocycles. The Morgan fingerprint density at radius 2 is 1.67 bits per heavy atom. The molecular formula is C24H22FN3O4S.